The molecule has 0 aliphatic rings. The Morgan fingerprint density at radius 3 is 2.15 bits per heavy atom. The minimum absolute atomic E-state index is 0.216. The Kier molecular flexibility index (Phi) is 9.67. The van der Waals surface area contributed by atoms with Crippen LogP contribution in [0.2, 0.25) is 0 Å². The molecule has 0 aromatic heterocycles. The number of carbonyl (C=O) groups is 2. The highest BCUT2D eigenvalue weighted by molar-refractivity contribution is 7.92. The molecule has 0 saturated carbocycles. The number of rotatable bonds is 11. The molecular formula is C26H37N3O4S. The van der Waals surface area contributed by atoms with Crippen molar-refractivity contribution in [3.05, 3.63) is 64.7 Å². The first kappa shape index (κ1) is 27.4. The van der Waals surface area contributed by atoms with Crippen LogP contribution in [0.25, 0.3) is 0 Å². The Morgan fingerprint density at radius 1 is 1.00 bits per heavy atom. The maximum Gasteiger partial charge on any atom is 0.244 e. The van der Waals surface area contributed by atoms with Gasteiger partial charge in [-0.2, -0.15) is 0 Å². The molecule has 8 heteroatoms. The first-order valence-corrected chi connectivity index (χ1v) is 13.5. The van der Waals surface area contributed by atoms with Crippen LogP contribution in [0.15, 0.2) is 42.5 Å². The largest absolute Gasteiger partial charge is 0.354 e. The molecule has 0 fully saturated rings. The van der Waals surface area contributed by atoms with E-state index < -0.39 is 22.0 Å². The third-order valence-corrected chi connectivity index (χ3v) is 6.85. The van der Waals surface area contributed by atoms with Crippen molar-refractivity contribution in [1.82, 2.24) is 10.2 Å². The van der Waals surface area contributed by atoms with Gasteiger partial charge in [-0.15, -0.1) is 0 Å². The second-order valence-corrected chi connectivity index (χ2v) is 10.7. The van der Waals surface area contributed by atoms with Crippen LogP contribution in [0, 0.1) is 20.8 Å². The molecule has 0 radical (unpaired) electrons. The molecule has 7 nitrogen and oxygen atoms in total. The molecule has 1 N–H and O–H groups in total. The zero-order valence-corrected chi connectivity index (χ0v) is 21.9. The molecule has 2 amide bonds. The van der Waals surface area contributed by atoms with Crippen molar-refractivity contribution in [3.63, 3.8) is 0 Å². The Morgan fingerprint density at radius 2 is 1.62 bits per heavy atom. The van der Waals surface area contributed by atoms with Crippen molar-refractivity contribution in [2.24, 2.45) is 0 Å². The Bertz CT molecular complexity index is 1090. The summed E-state index contributed by atoms with van der Waals surface area (Å²) in [6, 6.07) is 12.4. The number of sulfonamides is 1. The number of hydrogen-bond acceptors (Lipinski definition) is 4. The second-order valence-electron chi connectivity index (χ2n) is 8.78. The molecule has 0 heterocycles. The van der Waals surface area contributed by atoms with Crippen molar-refractivity contribution in [2.75, 3.05) is 23.7 Å². The van der Waals surface area contributed by atoms with Crippen molar-refractivity contribution < 1.29 is 18.0 Å². The van der Waals surface area contributed by atoms with Gasteiger partial charge in [0.05, 0.1) is 11.9 Å². The van der Waals surface area contributed by atoms with Crippen LogP contribution in [0.4, 0.5) is 5.69 Å². The van der Waals surface area contributed by atoms with Gasteiger partial charge in [-0.25, -0.2) is 8.42 Å². The fourth-order valence-corrected chi connectivity index (χ4v) is 4.80. The molecule has 0 bridgehead atoms. The molecule has 0 aliphatic carbocycles. The quantitative estimate of drug-likeness (QED) is 0.523. The summed E-state index contributed by atoms with van der Waals surface area (Å²) in [6.45, 7) is 9.88. The number of nitrogens with one attached hydrogen (secondary N) is 1. The van der Waals surface area contributed by atoms with Crippen LogP contribution < -0.4 is 9.62 Å². The number of anilines is 1. The standard InChI is InChI=1S/C26H37N3O4S/c1-7-13-27-26(31)24(8-2)28(17-22-12-10-9-11-21(22)5)25(30)18-29(34(6,32)33)23-15-19(3)14-20(4)16-23/h9-12,14-16,24H,7-8,13,17-18H2,1-6H3,(H,27,31)/t24-/m1/s1. The van der Waals surface area contributed by atoms with Gasteiger partial charge in [-0.05, 0) is 68.0 Å². The molecule has 2 aromatic rings. The average molecular weight is 488 g/mol. The van der Waals surface area contributed by atoms with E-state index in [9.17, 15) is 18.0 Å². The third-order valence-electron chi connectivity index (χ3n) is 5.71. The average Bonchev–Trinajstić information content (AvgIpc) is 2.75. The molecule has 1 atom stereocenters. The van der Waals surface area contributed by atoms with Crippen molar-refractivity contribution in [3.8, 4) is 0 Å². The molecule has 0 saturated heterocycles. The van der Waals surface area contributed by atoms with Crippen LogP contribution in [-0.2, 0) is 26.2 Å². The van der Waals surface area contributed by atoms with Gasteiger partial charge in [-0.1, -0.05) is 44.2 Å². The smallest absolute Gasteiger partial charge is 0.244 e. The van der Waals surface area contributed by atoms with Crippen LogP contribution in [0.3, 0.4) is 0 Å². The molecule has 186 valence electrons. The number of carbonyl (C=O) groups excluding carboxylic acids is 2. The number of hydrogen-bond donors (Lipinski definition) is 1. The predicted molar refractivity (Wildman–Crippen MR) is 137 cm³/mol. The monoisotopic (exact) mass is 487 g/mol. The Hall–Kier alpha value is -2.87. The van der Waals surface area contributed by atoms with E-state index in [1.54, 1.807) is 12.1 Å². The van der Waals surface area contributed by atoms with Crippen LogP contribution in [0.5, 0.6) is 0 Å². The summed E-state index contributed by atoms with van der Waals surface area (Å²) < 4.78 is 26.6. The number of nitrogens with zero attached hydrogens (tertiary/aromatic N) is 2. The third kappa shape index (κ3) is 7.32. The van der Waals surface area contributed by atoms with Crippen LogP contribution in [-0.4, -0.2) is 50.5 Å². The summed E-state index contributed by atoms with van der Waals surface area (Å²) in [7, 11) is -3.74. The molecule has 2 aromatic carbocycles. The summed E-state index contributed by atoms with van der Waals surface area (Å²) in [5.74, 6) is -0.657. The SMILES string of the molecule is CCCNC(=O)[C@@H](CC)N(Cc1ccccc1C)C(=O)CN(c1cc(C)cc(C)c1)S(C)(=O)=O. The van der Waals surface area contributed by atoms with Crippen LogP contribution in [0.1, 0.15) is 48.9 Å². The molecule has 0 aliphatic heterocycles. The van der Waals surface area contributed by atoms with Gasteiger partial charge in [0.15, 0.2) is 0 Å². The second kappa shape index (κ2) is 12.0. The Labute approximate surface area is 204 Å². The van der Waals surface area contributed by atoms with Gasteiger partial charge in [0.2, 0.25) is 21.8 Å². The highest BCUT2D eigenvalue weighted by atomic mass is 32.2. The zero-order chi connectivity index (χ0) is 25.5. The van der Waals surface area contributed by atoms with Crippen molar-refractivity contribution in [2.45, 2.75) is 60.0 Å². The lowest BCUT2D eigenvalue weighted by atomic mass is 10.1. The summed E-state index contributed by atoms with van der Waals surface area (Å²) >= 11 is 0. The maximum atomic E-state index is 13.7. The molecular weight excluding hydrogens is 450 g/mol. The van der Waals surface area contributed by atoms with E-state index in [2.05, 4.69) is 5.32 Å². The highest BCUT2D eigenvalue weighted by Crippen LogP contribution is 2.23. The fraction of sp³-hybridized carbons (Fsp3) is 0.462. The molecule has 2 rings (SSSR count). The highest BCUT2D eigenvalue weighted by Gasteiger charge is 2.31. The summed E-state index contributed by atoms with van der Waals surface area (Å²) in [5.41, 5.74) is 4.15. The number of aryl methyl sites for hydroxylation is 3. The van der Waals surface area contributed by atoms with Crippen LogP contribution >= 0.6 is 0 Å². The normalized spacial score (nSPS) is 12.2. The van der Waals surface area contributed by atoms with Crippen molar-refractivity contribution in [1.29, 1.82) is 0 Å². The topological polar surface area (TPSA) is 86.8 Å². The lowest BCUT2D eigenvalue weighted by molar-refractivity contribution is -0.140. The van der Waals surface area contributed by atoms with E-state index in [1.807, 2.05) is 65.0 Å². The lowest BCUT2D eigenvalue weighted by Gasteiger charge is -2.33. The van der Waals surface area contributed by atoms with E-state index >= 15 is 0 Å². The summed E-state index contributed by atoms with van der Waals surface area (Å²) in [6.07, 6.45) is 2.28. The number of amides is 2. The zero-order valence-electron chi connectivity index (χ0n) is 21.1. The summed E-state index contributed by atoms with van der Waals surface area (Å²) in [5, 5.41) is 2.88. The van der Waals surface area contributed by atoms with E-state index in [1.165, 1.54) is 4.90 Å². The lowest BCUT2D eigenvalue weighted by Crippen LogP contribution is -2.52. The first-order chi connectivity index (χ1) is 16.0. The van der Waals surface area contributed by atoms with E-state index in [0.29, 0.717) is 18.7 Å². The molecule has 34 heavy (non-hydrogen) atoms. The van der Waals surface area contributed by atoms with E-state index in [4.69, 9.17) is 0 Å². The minimum Gasteiger partial charge on any atom is -0.354 e. The predicted octanol–water partition coefficient (Wildman–Crippen LogP) is 3.71. The Balaban J connectivity index is 2.47. The van der Waals surface area contributed by atoms with E-state index in [0.717, 1.165) is 39.2 Å². The van der Waals surface area contributed by atoms with Crippen molar-refractivity contribution >= 4 is 27.5 Å². The first-order valence-electron chi connectivity index (χ1n) is 11.7. The van der Waals surface area contributed by atoms with Gasteiger partial charge in [-0.3, -0.25) is 13.9 Å². The van der Waals surface area contributed by atoms with E-state index in [-0.39, 0.29) is 19.0 Å². The molecule has 0 spiro atoms. The van der Waals surface area contributed by atoms with Gasteiger partial charge in [0, 0.05) is 13.1 Å². The number of benzene rings is 2. The fourth-order valence-electron chi connectivity index (χ4n) is 3.96. The minimum atomic E-state index is -3.74. The maximum absolute atomic E-state index is 13.7. The van der Waals surface area contributed by atoms with Gasteiger partial charge in [0.1, 0.15) is 12.6 Å². The van der Waals surface area contributed by atoms with Gasteiger partial charge >= 0.3 is 0 Å². The summed E-state index contributed by atoms with van der Waals surface area (Å²) in [4.78, 5) is 28.1. The van der Waals surface area contributed by atoms with Gasteiger partial charge < -0.3 is 10.2 Å². The van der Waals surface area contributed by atoms with Gasteiger partial charge in [0.25, 0.3) is 0 Å². The molecule has 0 unspecified atom stereocenters.